The molecular formula is C18H20N4O. The number of rotatable bonds is 2. The number of piperidine rings is 1. The van der Waals surface area contributed by atoms with E-state index in [1.54, 1.807) is 6.26 Å². The van der Waals surface area contributed by atoms with Crippen molar-refractivity contribution in [3.63, 3.8) is 0 Å². The molecule has 5 nitrogen and oxygen atoms in total. The monoisotopic (exact) mass is 308 g/mol. The Bertz CT molecular complexity index is 837. The van der Waals surface area contributed by atoms with E-state index in [0.717, 1.165) is 22.2 Å². The molecule has 2 aliphatic heterocycles. The van der Waals surface area contributed by atoms with Crippen LogP contribution < -0.4 is 0 Å². The van der Waals surface area contributed by atoms with E-state index < -0.39 is 0 Å². The maximum Gasteiger partial charge on any atom is 0.133 e. The minimum atomic E-state index is 0.489. The van der Waals surface area contributed by atoms with E-state index in [4.69, 9.17) is 4.42 Å². The second-order valence-electron chi connectivity index (χ2n) is 6.93. The number of fused-ring (bicyclic) bond motifs is 3. The summed E-state index contributed by atoms with van der Waals surface area (Å²) in [5, 5.41) is 9.95. The first-order valence-corrected chi connectivity index (χ1v) is 8.39. The normalized spacial score (nSPS) is 27.8. The van der Waals surface area contributed by atoms with Crippen LogP contribution in [0.1, 0.15) is 31.7 Å². The third kappa shape index (κ3) is 2.10. The average Bonchev–Trinajstić information content (AvgIpc) is 3.25. The number of furan rings is 1. The van der Waals surface area contributed by atoms with Gasteiger partial charge in [-0.1, -0.05) is 5.21 Å². The van der Waals surface area contributed by atoms with Gasteiger partial charge in [0.2, 0.25) is 0 Å². The smallest absolute Gasteiger partial charge is 0.133 e. The van der Waals surface area contributed by atoms with E-state index in [9.17, 15) is 0 Å². The van der Waals surface area contributed by atoms with Gasteiger partial charge in [0, 0.05) is 23.0 Å². The van der Waals surface area contributed by atoms with E-state index in [0.29, 0.717) is 18.1 Å². The Morgan fingerprint density at radius 3 is 2.74 bits per heavy atom. The molecule has 1 unspecified atom stereocenters. The minimum Gasteiger partial charge on any atom is -0.464 e. The van der Waals surface area contributed by atoms with Crippen LogP contribution in [0.4, 0.5) is 0 Å². The molecule has 0 spiro atoms. The highest BCUT2D eigenvalue weighted by Crippen LogP contribution is 2.39. The molecule has 2 aliphatic rings. The van der Waals surface area contributed by atoms with Crippen molar-refractivity contribution in [3.8, 4) is 11.3 Å². The second kappa shape index (κ2) is 4.93. The van der Waals surface area contributed by atoms with E-state index in [2.05, 4.69) is 45.3 Å². The van der Waals surface area contributed by atoms with Gasteiger partial charge in [-0.2, -0.15) is 0 Å². The van der Waals surface area contributed by atoms with Crippen LogP contribution in [0.2, 0.25) is 0 Å². The summed E-state index contributed by atoms with van der Waals surface area (Å²) in [6, 6.07) is 10.1. The Labute approximate surface area is 134 Å². The zero-order chi connectivity index (χ0) is 15.4. The second-order valence-corrected chi connectivity index (χ2v) is 6.93. The Morgan fingerprint density at radius 1 is 1.09 bits per heavy atom. The summed E-state index contributed by atoms with van der Waals surface area (Å²) in [6.45, 7) is 0. The topological polar surface area (TPSA) is 47.1 Å². The van der Waals surface area contributed by atoms with Crippen molar-refractivity contribution in [1.29, 1.82) is 0 Å². The zero-order valence-corrected chi connectivity index (χ0v) is 13.2. The lowest BCUT2D eigenvalue weighted by Crippen LogP contribution is -2.40. The number of nitrogens with zero attached hydrogens (tertiary/aromatic N) is 4. The first-order chi connectivity index (χ1) is 11.3. The third-order valence-corrected chi connectivity index (χ3v) is 5.71. The summed E-state index contributed by atoms with van der Waals surface area (Å²) in [5.41, 5.74) is 2.95. The Balaban J connectivity index is 1.44. The van der Waals surface area contributed by atoms with Gasteiger partial charge in [-0.05, 0) is 57.0 Å². The highest BCUT2D eigenvalue weighted by Gasteiger charge is 2.39. The maximum atomic E-state index is 5.40. The Morgan fingerprint density at radius 2 is 1.91 bits per heavy atom. The van der Waals surface area contributed by atoms with Crippen LogP contribution in [0.5, 0.6) is 0 Å². The average molecular weight is 308 g/mol. The molecule has 3 atom stereocenters. The van der Waals surface area contributed by atoms with Crippen molar-refractivity contribution in [3.05, 3.63) is 36.7 Å². The van der Waals surface area contributed by atoms with E-state index in [-0.39, 0.29) is 0 Å². The van der Waals surface area contributed by atoms with Crippen LogP contribution in [0.15, 0.2) is 41.1 Å². The van der Waals surface area contributed by atoms with Gasteiger partial charge in [-0.3, -0.25) is 0 Å². The fourth-order valence-electron chi connectivity index (χ4n) is 4.31. The molecule has 2 fully saturated rings. The lowest BCUT2D eigenvalue weighted by molar-refractivity contribution is 0.130. The molecule has 2 bridgehead atoms. The van der Waals surface area contributed by atoms with Crippen LogP contribution in [0, 0.1) is 0 Å². The summed E-state index contributed by atoms with van der Waals surface area (Å²) >= 11 is 0. The Hall–Kier alpha value is -2.14. The zero-order valence-electron chi connectivity index (χ0n) is 13.2. The molecule has 1 aromatic carbocycles. The van der Waals surface area contributed by atoms with Gasteiger partial charge in [0.05, 0.1) is 18.5 Å². The fourth-order valence-corrected chi connectivity index (χ4v) is 4.31. The van der Waals surface area contributed by atoms with Crippen LogP contribution in [0.3, 0.4) is 0 Å². The molecule has 4 heterocycles. The molecule has 0 radical (unpaired) electrons. The maximum absolute atomic E-state index is 5.40. The molecule has 5 rings (SSSR count). The summed E-state index contributed by atoms with van der Waals surface area (Å²) in [5.74, 6) is 0. The molecule has 0 N–H and O–H groups in total. The van der Waals surface area contributed by atoms with Gasteiger partial charge in [0.15, 0.2) is 0 Å². The first kappa shape index (κ1) is 13.3. The van der Waals surface area contributed by atoms with E-state index in [1.165, 1.54) is 25.7 Å². The standard InChI is InChI=1S/C18H20N4O/c1-21-14-3-4-15(21)10-16(9-14)22-11-17(19-20-22)12-2-5-18-13(8-12)6-7-23-18/h2,5-8,11,14-16H,3-4,9-10H2,1H3/t14-,15+,16?. The Kier molecular flexibility index (Phi) is 2.85. The van der Waals surface area contributed by atoms with Crippen LogP contribution in [-0.2, 0) is 0 Å². The molecule has 2 saturated heterocycles. The summed E-state index contributed by atoms with van der Waals surface area (Å²) < 4.78 is 7.49. The highest BCUT2D eigenvalue weighted by molar-refractivity contribution is 5.82. The van der Waals surface area contributed by atoms with Gasteiger partial charge in [0.25, 0.3) is 0 Å². The van der Waals surface area contributed by atoms with Crippen molar-refractivity contribution in [2.24, 2.45) is 0 Å². The molecule has 2 aromatic heterocycles. The van der Waals surface area contributed by atoms with Gasteiger partial charge >= 0.3 is 0 Å². The SMILES string of the molecule is CN1[C@@H]2CC[C@H]1CC(n1cc(-c3ccc4occc4c3)nn1)C2. The van der Waals surface area contributed by atoms with E-state index >= 15 is 0 Å². The third-order valence-electron chi connectivity index (χ3n) is 5.71. The van der Waals surface area contributed by atoms with Crippen molar-refractivity contribution >= 4 is 11.0 Å². The molecule has 3 aromatic rings. The van der Waals surface area contributed by atoms with Crippen LogP contribution >= 0.6 is 0 Å². The molecule has 23 heavy (non-hydrogen) atoms. The minimum absolute atomic E-state index is 0.489. The molecule has 0 saturated carbocycles. The quantitative estimate of drug-likeness (QED) is 0.727. The first-order valence-electron chi connectivity index (χ1n) is 8.39. The van der Waals surface area contributed by atoms with Gasteiger partial charge in [-0.25, -0.2) is 4.68 Å². The summed E-state index contributed by atoms with van der Waals surface area (Å²) in [4.78, 5) is 2.56. The van der Waals surface area contributed by atoms with Gasteiger partial charge in [0.1, 0.15) is 11.3 Å². The molecular weight excluding hydrogens is 288 g/mol. The fraction of sp³-hybridized carbons (Fsp3) is 0.444. The van der Waals surface area contributed by atoms with Crippen molar-refractivity contribution < 1.29 is 4.42 Å². The summed E-state index contributed by atoms with van der Waals surface area (Å²) in [6.07, 6.45) is 8.87. The van der Waals surface area contributed by atoms with Crippen LogP contribution in [-0.4, -0.2) is 39.0 Å². The van der Waals surface area contributed by atoms with Crippen molar-refractivity contribution in [2.45, 2.75) is 43.8 Å². The van der Waals surface area contributed by atoms with Gasteiger partial charge in [-0.15, -0.1) is 5.10 Å². The predicted molar refractivity (Wildman–Crippen MR) is 88.1 cm³/mol. The number of aromatic nitrogens is 3. The number of hydrogen-bond acceptors (Lipinski definition) is 4. The molecule has 5 heteroatoms. The molecule has 0 aliphatic carbocycles. The predicted octanol–water partition coefficient (Wildman–Crippen LogP) is 3.49. The summed E-state index contributed by atoms with van der Waals surface area (Å²) in [7, 11) is 2.27. The molecule has 0 amide bonds. The van der Waals surface area contributed by atoms with E-state index in [1.807, 2.05) is 12.1 Å². The lowest BCUT2D eigenvalue weighted by Gasteiger charge is -2.36. The van der Waals surface area contributed by atoms with Crippen molar-refractivity contribution in [1.82, 2.24) is 19.9 Å². The van der Waals surface area contributed by atoms with Crippen molar-refractivity contribution in [2.75, 3.05) is 7.05 Å². The molecule has 118 valence electrons. The number of hydrogen-bond donors (Lipinski definition) is 0. The van der Waals surface area contributed by atoms with Gasteiger partial charge < -0.3 is 9.32 Å². The van der Waals surface area contributed by atoms with Crippen LogP contribution in [0.25, 0.3) is 22.2 Å². The number of benzene rings is 1. The largest absolute Gasteiger partial charge is 0.464 e. The highest BCUT2D eigenvalue weighted by atomic mass is 16.3. The lowest BCUT2D eigenvalue weighted by atomic mass is 9.98.